The van der Waals surface area contributed by atoms with Crippen LogP contribution in [0.15, 0.2) is 40.3 Å². The van der Waals surface area contributed by atoms with E-state index in [0.29, 0.717) is 28.1 Å². The first-order valence-electron chi connectivity index (χ1n) is 8.29. The Kier molecular flexibility index (Phi) is 3.44. The number of hydrogen-bond acceptors (Lipinski definition) is 5. The number of rotatable bonds is 2. The Morgan fingerprint density at radius 2 is 1.96 bits per heavy atom. The summed E-state index contributed by atoms with van der Waals surface area (Å²) in [5.74, 6) is -0.745. The smallest absolute Gasteiger partial charge is 0.337 e. The maximum absolute atomic E-state index is 12.7. The van der Waals surface area contributed by atoms with Crippen LogP contribution in [0, 0.1) is 0 Å². The summed E-state index contributed by atoms with van der Waals surface area (Å²) < 4.78 is 10.6. The quantitative estimate of drug-likeness (QED) is 0.801. The van der Waals surface area contributed by atoms with Gasteiger partial charge in [0.05, 0.1) is 23.9 Å². The zero-order chi connectivity index (χ0) is 18.6. The standard InChI is InChI=1S/C19H18N2O5/c1-19(2)16-15(18(24)26-19)11(8-14(22)21-16)12-6-9-4-5-10(25-3)7-13(9)20-17(12)23/h4-7,11H,8H2,1-3H3,(H,20,23)(H,21,22)/t11-/m0/s1. The Morgan fingerprint density at radius 1 is 1.19 bits per heavy atom. The number of benzene rings is 1. The number of aromatic nitrogens is 1. The number of aromatic amines is 1. The molecule has 0 radical (unpaired) electrons. The van der Waals surface area contributed by atoms with Crippen molar-refractivity contribution in [1.82, 2.24) is 10.3 Å². The number of nitrogens with one attached hydrogen (secondary N) is 2. The van der Waals surface area contributed by atoms with E-state index in [1.165, 1.54) is 0 Å². The van der Waals surface area contributed by atoms with Crippen LogP contribution in [0.1, 0.15) is 31.7 Å². The first-order valence-corrected chi connectivity index (χ1v) is 8.29. The summed E-state index contributed by atoms with van der Waals surface area (Å²) in [4.78, 5) is 40.1. The van der Waals surface area contributed by atoms with E-state index in [1.54, 1.807) is 39.2 Å². The molecule has 134 valence electrons. The van der Waals surface area contributed by atoms with E-state index in [4.69, 9.17) is 9.47 Å². The summed E-state index contributed by atoms with van der Waals surface area (Å²) in [6.45, 7) is 3.43. The predicted molar refractivity (Wildman–Crippen MR) is 93.8 cm³/mol. The minimum absolute atomic E-state index is 0.0226. The summed E-state index contributed by atoms with van der Waals surface area (Å²) in [5.41, 5.74) is 0.542. The van der Waals surface area contributed by atoms with Crippen LogP contribution in [0.4, 0.5) is 0 Å². The molecule has 26 heavy (non-hydrogen) atoms. The number of H-pyrrole nitrogens is 1. The fourth-order valence-corrected chi connectivity index (χ4v) is 3.62. The Labute approximate surface area is 149 Å². The molecule has 0 saturated heterocycles. The third kappa shape index (κ3) is 2.39. The van der Waals surface area contributed by atoms with Crippen molar-refractivity contribution in [3.05, 3.63) is 51.5 Å². The van der Waals surface area contributed by atoms with Gasteiger partial charge < -0.3 is 19.8 Å². The summed E-state index contributed by atoms with van der Waals surface area (Å²) in [5, 5.41) is 3.53. The largest absolute Gasteiger partial charge is 0.497 e. The van der Waals surface area contributed by atoms with Crippen LogP contribution < -0.4 is 15.6 Å². The molecule has 1 aromatic carbocycles. The molecule has 0 bridgehead atoms. The molecule has 7 nitrogen and oxygen atoms in total. The summed E-state index contributed by atoms with van der Waals surface area (Å²) >= 11 is 0. The average molecular weight is 354 g/mol. The highest BCUT2D eigenvalue weighted by atomic mass is 16.6. The highest BCUT2D eigenvalue weighted by molar-refractivity contribution is 5.99. The summed E-state index contributed by atoms with van der Waals surface area (Å²) in [6.07, 6.45) is 0.0226. The Morgan fingerprint density at radius 3 is 2.69 bits per heavy atom. The van der Waals surface area contributed by atoms with Gasteiger partial charge >= 0.3 is 5.97 Å². The van der Waals surface area contributed by atoms with Crippen molar-refractivity contribution in [2.45, 2.75) is 31.8 Å². The number of pyridine rings is 1. The van der Waals surface area contributed by atoms with Crippen molar-refractivity contribution in [3.8, 4) is 5.75 Å². The highest BCUT2D eigenvalue weighted by Crippen LogP contribution is 2.42. The SMILES string of the molecule is COc1ccc2cc([C@@H]3CC(=O)NC4=C3C(=O)OC4(C)C)c(=O)[nH]c2c1. The van der Waals surface area contributed by atoms with Gasteiger partial charge in [-0.15, -0.1) is 0 Å². The van der Waals surface area contributed by atoms with Gasteiger partial charge in [0.2, 0.25) is 5.91 Å². The van der Waals surface area contributed by atoms with Gasteiger partial charge in [-0.2, -0.15) is 0 Å². The zero-order valence-corrected chi connectivity index (χ0v) is 14.6. The molecule has 0 spiro atoms. The van der Waals surface area contributed by atoms with Crippen LogP contribution in [0.2, 0.25) is 0 Å². The van der Waals surface area contributed by atoms with Crippen molar-refractivity contribution in [1.29, 1.82) is 0 Å². The highest BCUT2D eigenvalue weighted by Gasteiger charge is 2.48. The molecule has 0 aliphatic carbocycles. The first-order chi connectivity index (χ1) is 12.3. The third-order valence-electron chi connectivity index (χ3n) is 4.90. The van der Waals surface area contributed by atoms with Crippen molar-refractivity contribution < 1.29 is 19.1 Å². The van der Waals surface area contributed by atoms with Gasteiger partial charge in [-0.1, -0.05) is 0 Å². The summed E-state index contributed by atoms with van der Waals surface area (Å²) in [7, 11) is 1.55. The topological polar surface area (TPSA) is 97.5 Å². The van der Waals surface area contributed by atoms with Crippen LogP contribution in [0.5, 0.6) is 5.75 Å². The monoisotopic (exact) mass is 354 g/mol. The van der Waals surface area contributed by atoms with Crippen LogP contribution >= 0.6 is 0 Å². The van der Waals surface area contributed by atoms with E-state index >= 15 is 0 Å². The molecule has 1 aromatic heterocycles. The third-order valence-corrected chi connectivity index (χ3v) is 4.90. The summed E-state index contributed by atoms with van der Waals surface area (Å²) in [6, 6.07) is 7.06. The number of fused-ring (bicyclic) bond motifs is 1. The van der Waals surface area contributed by atoms with Gasteiger partial charge in [0, 0.05) is 24.0 Å². The van der Waals surface area contributed by atoms with Gasteiger partial charge in [0.15, 0.2) is 0 Å². The maximum atomic E-state index is 12.7. The lowest BCUT2D eigenvalue weighted by molar-refractivity contribution is -0.144. The fourth-order valence-electron chi connectivity index (χ4n) is 3.62. The number of cyclic esters (lactones) is 1. The van der Waals surface area contributed by atoms with Crippen LogP contribution in [0.3, 0.4) is 0 Å². The van der Waals surface area contributed by atoms with Crippen molar-refractivity contribution >= 4 is 22.8 Å². The van der Waals surface area contributed by atoms with Gasteiger partial charge in [-0.3, -0.25) is 9.59 Å². The minimum atomic E-state index is -0.919. The first kappa shape index (κ1) is 16.4. The fraction of sp³-hybridized carbons (Fsp3) is 0.316. The average Bonchev–Trinajstić information content (AvgIpc) is 2.82. The Balaban J connectivity index is 1.90. The minimum Gasteiger partial charge on any atom is -0.497 e. The molecule has 0 fully saturated rings. The number of carbonyl (C=O) groups is 2. The van der Waals surface area contributed by atoms with E-state index in [1.807, 2.05) is 6.07 Å². The van der Waals surface area contributed by atoms with E-state index in [-0.39, 0.29) is 17.9 Å². The number of ether oxygens (including phenoxy) is 2. The normalized spacial score (nSPS) is 21.4. The van der Waals surface area contributed by atoms with Crippen LogP contribution in [0.25, 0.3) is 10.9 Å². The maximum Gasteiger partial charge on any atom is 0.337 e. The van der Waals surface area contributed by atoms with Crippen molar-refractivity contribution in [2.75, 3.05) is 7.11 Å². The molecule has 2 N–H and O–H groups in total. The van der Waals surface area contributed by atoms with Crippen LogP contribution in [-0.4, -0.2) is 29.6 Å². The molecule has 0 unspecified atom stereocenters. The number of esters is 1. The number of methoxy groups -OCH3 is 1. The molecular weight excluding hydrogens is 336 g/mol. The molecule has 1 amide bonds. The van der Waals surface area contributed by atoms with Gasteiger partial charge in [0.25, 0.3) is 5.56 Å². The van der Waals surface area contributed by atoms with Gasteiger partial charge in [-0.25, -0.2) is 4.79 Å². The number of hydrogen-bond donors (Lipinski definition) is 2. The Hall–Kier alpha value is -3.09. The molecule has 0 saturated carbocycles. The van der Waals surface area contributed by atoms with Crippen molar-refractivity contribution in [2.24, 2.45) is 0 Å². The molecule has 4 rings (SSSR count). The van der Waals surface area contributed by atoms with Crippen LogP contribution in [-0.2, 0) is 14.3 Å². The van der Waals surface area contributed by atoms with Gasteiger partial charge in [0.1, 0.15) is 11.4 Å². The molecule has 2 aliphatic heterocycles. The molecular formula is C19H18N2O5. The van der Waals surface area contributed by atoms with Crippen molar-refractivity contribution in [3.63, 3.8) is 0 Å². The molecule has 2 aliphatic rings. The Bertz CT molecular complexity index is 1050. The molecule has 7 heteroatoms. The second-order valence-corrected chi connectivity index (χ2v) is 7.00. The molecule has 1 atom stereocenters. The zero-order valence-electron chi connectivity index (χ0n) is 14.6. The molecule has 2 aromatic rings. The second kappa shape index (κ2) is 5.45. The van der Waals surface area contributed by atoms with Gasteiger partial charge in [-0.05, 0) is 37.4 Å². The predicted octanol–water partition coefficient (Wildman–Crippen LogP) is 1.73. The lowest BCUT2D eigenvalue weighted by Crippen LogP contribution is -2.39. The lowest BCUT2D eigenvalue weighted by Gasteiger charge is -2.26. The van der Waals surface area contributed by atoms with E-state index in [9.17, 15) is 14.4 Å². The van der Waals surface area contributed by atoms with E-state index in [0.717, 1.165) is 5.39 Å². The lowest BCUT2D eigenvalue weighted by atomic mass is 9.83. The number of carbonyl (C=O) groups excluding carboxylic acids is 2. The molecule has 3 heterocycles. The second-order valence-electron chi connectivity index (χ2n) is 7.00. The van der Waals surface area contributed by atoms with E-state index < -0.39 is 17.5 Å². The van der Waals surface area contributed by atoms with E-state index in [2.05, 4.69) is 10.3 Å². The number of amides is 1.